The standard InChI is InChI=1S/C21H15F6N7O/c1-10(20(22,23)24)15-16-17(18(28)31-9-30-16)34(33-15)13-4-2-11(3-5-13)19(35)32-14-8-12(6-7-29-14)21(25,26)27/h2-10H,1H3,(H2,28,30,31)(H,29,32,35). The number of carbonyl (C=O) groups excluding carboxylic acids is 1. The number of nitrogens with zero attached hydrogens (tertiary/aromatic N) is 5. The molecule has 3 heterocycles. The fourth-order valence-electron chi connectivity index (χ4n) is 3.25. The number of pyridine rings is 1. The molecule has 0 fully saturated rings. The lowest BCUT2D eigenvalue weighted by Gasteiger charge is -2.12. The van der Waals surface area contributed by atoms with Gasteiger partial charge >= 0.3 is 12.4 Å². The van der Waals surface area contributed by atoms with E-state index in [-0.39, 0.29) is 39.6 Å². The Kier molecular flexibility index (Phi) is 5.82. The highest BCUT2D eigenvalue weighted by Crippen LogP contribution is 2.38. The predicted molar refractivity (Wildman–Crippen MR) is 113 cm³/mol. The van der Waals surface area contributed by atoms with Crippen LogP contribution in [0.15, 0.2) is 48.9 Å². The zero-order valence-electron chi connectivity index (χ0n) is 17.7. The number of nitrogens with one attached hydrogen (secondary N) is 1. The van der Waals surface area contributed by atoms with Crippen molar-refractivity contribution < 1.29 is 31.1 Å². The maximum absolute atomic E-state index is 13.4. The number of rotatable bonds is 4. The lowest BCUT2D eigenvalue weighted by molar-refractivity contribution is -0.146. The first kappa shape index (κ1) is 23.9. The van der Waals surface area contributed by atoms with Crippen molar-refractivity contribution in [3.63, 3.8) is 0 Å². The summed E-state index contributed by atoms with van der Waals surface area (Å²) in [5.74, 6) is -3.09. The number of nitrogen functional groups attached to an aromatic ring is 1. The summed E-state index contributed by atoms with van der Waals surface area (Å²) in [6, 6.07) is 6.86. The van der Waals surface area contributed by atoms with Crippen LogP contribution in [0.5, 0.6) is 0 Å². The van der Waals surface area contributed by atoms with Crippen molar-refractivity contribution in [2.45, 2.75) is 25.2 Å². The van der Waals surface area contributed by atoms with Crippen molar-refractivity contribution >= 4 is 28.6 Å². The van der Waals surface area contributed by atoms with E-state index in [9.17, 15) is 31.1 Å². The van der Waals surface area contributed by atoms with Gasteiger partial charge in [-0.2, -0.15) is 31.4 Å². The third-order valence-corrected chi connectivity index (χ3v) is 5.12. The molecule has 0 aliphatic heterocycles. The number of anilines is 2. The Morgan fingerprint density at radius 3 is 2.34 bits per heavy atom. The Morgan fingerprint density at radius 1 is 1.03 bits per heavy atom. The van der Waals surface area contributed by atoms with Gasteiger partial charge in [-0.15, -0.1) is 0 Å². The predicted octanol–water partition coefficient (Wildman–Crippen LogP) is 4.73. The van der Waals surface area contributed by atoms with Gasteiger partial charge in [0.2, 0.25) is 0 Å². The molecule has 4 aromatic rings. The molecule has 182 valence electrons. The van der Waals surface area contributed by atoms with Crippen molar-refractivity contribution in [1.29, 1.82) is 0 Å². The van der Waals surface area contributed by atoms with Gasteiger partial charge in [-0.1, -0.05) is 0 Å². The Hall–Kier alpha value is -4.23. The molecule has 0 saturated heterocycles. The highest BCUT2D eigenvalue weighted by molar-refractivity contribution is 6.04. The largest absolute Gasteiger partial charge is 0.416 e. The highest BCUT2D eigenvalue weighted by atomic mass is 19.4. The molecule has 0 aliphatic carbocycles. The van der Waals surface area contributed by atoms with Crippen LogP contribution in [0.2, 0.25) is 0 Å². The Bertz CT molecular complexity index is 1400. The summed E-state index contributed by atoms with van der Waals surface area (Å²) in [7, 11) is 0. The molecule has 1 amide bonds. The average Bonchev–Trinajstić information content (AvgIpc) is 3.18. The van der Waals surface area contributed by atoms with Gasteiger partial charge in [-0.05, 0) is 43.3 Å². The summed E-state index contributed by atoms with van der Waals surface area (Å²) in [4.78, 5) is 23.9. The second kappa shape index (κ2) is 8.52. The van der Waals surface area contributed by atoms with Crippen LogP contribution in [-0.4, -0.2) is 36.8 Å². The van der Waals surface area contributed by atoms with Crippen molar-refractivity contribution in [3.05, 3.63) is 65.7 Å². The lowest BCUT2D eigenvalue weighted by atomic mass is 10.1. The van der Waals surface area contributed by atoms with Crippen LogP contribution < -0.4 is 11.1 Å². The SMILES string of the molecule is CC(c1nn(-c2ccc(C(=O)Nc3cc(C(F)(F)F)ccn3)cc2)c2c(N)ncnc12)C(F)(F)F. The lowest BCUT2D eigenvalue weighted by Crippen LogP contribution is -2.18. The minimum Gasteiger partial charge on any atom is -0.382 e. The first-order valence-corrected chi connectivity index (χ1v) is 9.87. The average molecular weight is 495 g/mol. The molecule has 0 spiro atoms. The molecule has 3 N–H and O–H groups in total. The molecule has 14 heteroatoms. The van der Waals surface area contributed by atoms with E-state index in [1.807, 2.05) is 0 Å². The summed E-state index contributed by atoms with van der Waals surface area (Å²) in [5.41, 5.74) is 4.85. The van der Waals surface area contributed by atoms with E-state index >= 15 is 0 Å². The molecule has 1 atom stereocenters. The summed E-state index contributed by atoms with van der Waals surface area (Å²) in [6.45, 7) is 0.944. The third-order valence-electron chi connectivity index (χ3n) is 5.12. The number of hydrogen-bond acceptors (Lipinski definition) is 6. The van der Waals surface area contributed by atoms with Crippen LogP contribution >= 0.6 is 0 Å². The van der Waals surface area contributed by atoms with Gasteiger partial charge in [-0.3, -0.25) is 4.79 Å². The van der Waals surface area contributed by atoms with E-state index in [2.05, 4.69) is 25.4 Å². The fourth-order valence-corrected chi connectivity index (χ4v) is 3.25. The second-order valence-corrected chi connectivity index (χ2v) is 7.44. The molecule has 0 radical (unpaired) electrons. The normalized spacial score (nSPS) is 13.1. The topological polar surface area (TPSA) is 112 Å². The van der Waals surface area contributed by atoms with Gasteiger partial charge < -0.3 is 11.1 Å². The number of hydrogen-bond donors (Lipinski definition) is 2. The number of nitrogens with two attached hydrogens (primary N) is 1. The van der Waals surface area contributed by atoms with E-state index in [1.54, 1.807) is 0 Å². The number of fused-ring (bicyclic) bond motifs is 1. The van der Waals surface area contributed by atoms with Gasteiger partial charge in [0.15, 0.2) is 5.82 Å². The van der Waals surface area contributed by atoms with Crippen LogP contribution in [0.25, 0.3) is 16.7 Å². The Balaban J connectivity index is 1.65. The van der Waals surface area contributed by atoms with Crippen molar-refractivity contribution in [2.75, 3.05) is 11.1 Å². The monoisotopic (exact) mass is 495 g/mol. The Morgan fingerprint density at radius 2 is 1.71 bits per heavy atom. The molecule has 0 saturated carbocycles. The van der Waals surface area contributed by atoms with E-state index < -0.39 is 29.7 Å². The zero-order valence-corrected chi connectivity index (χ0v) is 17.7. The molecular weight excluding hydrogens is 480 g/mol. The van der Waals surface area contributed by atoms with Gasteiger partial charge in [0.25, 0.3) is 5.91 Å². The van der Waals surface area contributed by atoms with E-state index in [0.717, 1.165) is 30.2 Å². The van der Waals surface area contributed by atoms with Gasteiger partial charge in [-0.25, -0.2) is 19.6 Å². The molecule has 1 unspecified atom stereocenters. The summed E-state index contributed by atoms with van der Waals surface area (Å²) < 4.78 is 79.8. The minimum atomic E-state index is -4.61. The third kappa shape index (κ3) is 4.72. The van der Waals surface area contributed by atoms with Crippen LogP contribution in [0, 0.1) is 0 Å². The first-order valence-electron chi connectivity index (χ1n) is 9.87. The number of amides is 1. The number of benzene rings is 1. The highest BCUT2D eigenvalue weighted by Gasteiger charge is 2.40. The van der Waals surface area contributed by atoms with Gasteiger partial charge in [0.05, 0.1) is 17.2 Å². The molecule has 0 aliphatic rings. The van der Waals surface area contributed by atoms with Crippen molar-refractivity contribution in [3.8, 4) is 5.69 Å². The van der Waals surface area contributed by atoms with Crippen LogP contribution in [0.3, 0.4) is 0 Å². The maximum atomic E-state index is 13.4. The van der Waals surface area contributed by atoms with E-state index in [0.29, 0.717) is 6.07 Å². The quantitative estimate of drug-likeness (QED) is 0.396. The summed E-state index contributed by atoms with van der Waals surface area (Å²) >= 11 is 0. The summed E-state index contributed by atoms with van der Waals surface area (Å²) in [6.07, 6.45) is -7.24. The van der Waals surface area contributed by atoms with Crippen LogP contribution in [0.4, 0.5) is 38.0 Å². The first-order chi connectivity index (χ1) is 16.4. The summed E-state index contributed by atoms with van der Waals surface area (Å²) in [5, 5.41) is 6.33. The zero-order chi connectivity index (χ0) is 25.5. The van der Waals surface area contributed by atoms with Crippen LogP contribution in [0.1, 0.15) is 34.5 Å². The van der Waals surface area contributed by atoms with Crippen molar-refractivity contribution in [1.82, 2.24) is 24.7 Å². The number of carbonyl (C=O) groups is 1. The number of aromatic nitrogens is 5. The molecule has 3 aromatic heterocycles. The van der Waals surface area contributed by atoms with E-state index in [1.165, 1.54) is 24.3 Å². The molecular formula is C21H15F6N7O. The van der Waals surface area contributed by atoms with Crippen LogP contribution in [-0.2, 0) is 6.18 Å². The second-order valence-electron chi connectivity index (χ2n) is 7.44. The number of halogens is 6. The van der Waals surface area contributed by atoms with E-state index in [4.69, 9.17) is 5.73 Å². The molecule has 4 rings (SSSR count). The number of alkyl halides is 6. The van der Waals surface area contributed by atoms with Gasteiger partial charge in [0.1, 0.15) is 28.9 Å². The molecule has 1 aromatic carbocycles. The smallest absolute Gasteiger partial charge is 0.382 e. The minimum absolute atomic E-state index is 0.0533. The van der Waals surface area contributed by atoms with Crippen molar-refractivity contribution in [2.24, 2.45) is 0 Å². The fraction of sp³-hybridized carbons (Fsp3) is 0.190. The van der Waals surface area contributed by atoms with Gasteiger partial charge in [0, 0.05) is 11.8 Å². The molecule has 35 heavy (non-hydrogen) atoms. The maximum Gasteiger partial charge on any atom is 0.416 e. The molecule has 8 nitrogen and oxygen atoms in total. The Labute approximate surface area is 192 Å². The molecule has 0 bridgehead atoms.